The van der Waals surface area contributed by atoms with E-state index in [0.29, 0.717) is 17.9 Å². The van der Waals surface area contributed by atoms with Crippen LogP contribution in [0.5, 0.6) is 5.75 Å². The molecular weight excluding hydrogens is 426 g/mol. The standard InChI is InChI=1S/C27H37N5O2/c1-20-21(2)32(23-9-11-24(34-3)12-10-23)27(25(20)17-28)29-26(33)19-31-15-13-30(14-16-31)18-22-7-5-4-6-8-22/h9-12,22H,4-8,13-16,18-19H2,1-3H3,(H,29,33). The van der Waals surface area contributed by atoms with Crippen LogP contribution in [0.3, 0.4) is 0 Å². The lowest BCUT2D eigenvalue weighted by atomic mass is 9.89. The second kappa shape index (κ2) is 11.1. The first kappa shape index (κ1) is 24.3. The van der Waals surface area contributed by atoms with Crippen molar-refractivity contribution in [2.24, 2.45) is 5.92 Å². The monoisotopic (exact) mass is 463 g/mol. The summed E-state index contributed by atoms with van der Waals surface area (Å²) < 4.78 is 7.23. The number of ether oxygens (including phenoxy) is 1. The lowest BCUT2D eigenvalue weighted by molar-refractivity contribution is -0.117. The van der Waals surface area contributed by atoms with Crippen molar-refractivity contribution in [1.82, 2.24) is 14.4 Å². The molecule has 2 aliphatic rings. The van der Waals surface area contributed by atoms with Gasteiger partial charge in [0.1, 0.15) is 17.6 Å². The Balaban J connectivity index is 1.40. The number of piperazine rings is 1. The molecule has 2 heterocycles. The van der Waals surface area contributed by atoms with Gasteiger partial charge in [-0.05, 0) is 62.4 Å². The minimum atomic E-state index is -0.0792. The molecule has 1 aliphatic heterocycles. The van der Waals surface area contributed by atoms with E-state index in [1.807, 2.05) is 42.7 Å². The maximum absolute atomic E-state index is 13.0. The Morgan fingerprint density at radius 2 is 1.71 bits per heavy atom. The van der Waals surface area contributed by atoms with Crippen molar-refractivity contribution in [2.45, 2.75) is 46.0 Å². The van der Waals surface area contributed by atoms with E-state index in [2.05, 4.69) is 21.2 Å². The highest BCUT2D eigenvalue weighted by Gasteiger charge is 2.25. The molecule has 34 heavy (non-hydrogen) atoms. The normalized spacial score (nSPS) is 17.9. The highest BCUT2D eigenvalue weighted by Crippen LogP contribution is 2.31. The van der Waals surface area contributed by atoms with Gasteiger partial charge in [-0.3, -0.25) is 14.3 Å². The third-order valence-electron chi connectivity index (χ3n) is 7.49. The Labute approximate surface area is 203 Å². The van der Waals surface area contributed by atoms with Crippen molar-refractivity contribution in [3.05, 3.63) is 41.1 Å². The number of nitrogens with zero attached hydrogens (tertiary/aromatic N) is 4. The summed E-state index contributed by atoms with van der Waals surface area (Å²) >= 11 is 0. The Hall–Kier alpha value is -2.82. The number of hydrogen-bond donors (Lipinski definition) is 1. The summed E-state index contributed by atoms with van der Waals surface area (Å²) in [4.78, 5) is 17.8. The van der Waals surface area contributed by atoms with Gasteiger partial charge in [-0.15, -0.1) is 0 Å². The van der Waals surface area contributed by atoms with E-state index in [-0.39, 0.29) is 5.91 Å². The van der Waals surface area contributed by atoms with Crippen LogP contribution in [0.4, 0.5) is 5.82 Å². The van der Waals surface area contributed by atoms with Gasteiger partial charge in [0.2, 0.25) is 5.91 Å². The number of carbonyl (C=O) groups is 1. The lowest BCUT2D eigenvalue weighted by Gasteiger charge is -2.37. The van der Waals surface area contributed by atoms with Gasteiger partial charge in [-0.1, -0.05) is 19.3 Å². The van der Waals surface area contributed by atoms with Gasteiger partial charge in [0.25, 0.3) is 0 Å². The van der Waals surface area contributed by atoms with Gasteiger partial charge in [-0.25, -0.2) is 0 Å². The van der Waals surface area contributed by atoms with Gasteiger partial charge in [0.05, 0.1) is 19.2 Å². The summed E-state index contributed by atoms with van der Waals surface area (Å²) in [6.07, 6.45) is 6.90. The van der Waals surface area contributed by atoms with Crippen molar-refractivity contribution in [2.75, 3.05) is 51.7 Å². The maximum Gasteiger partial charge on any atom is 0.239 e. The van der Waals surface area contributed by atoms with Crippen LogP contribution in [0.1, 0.15) is 48.9 Å². The summed E-state index contributed by atoms with van der Waals surface area (Å²) in [5.41, 5.74) is 3.21. The van der Waals surface area contributed by atoms with Gasteiger partial charge in [-0.2, -0.15) is 5.26 Å². The number of anilines is 1. The van der Waals surface area contributed by atoms with Gasteiger partial charge >= 0.3 is 0 Å². The summed E-state index contributed by atoms with van der Waals surface area (Å²) in [6, 6.07) is 9.93. The molecule has 2 fully saturated rings. The van der Waals surface area contributed by atoms with Crippen LogP contribution in [0.15, 0.2) is 24.3 Å². The molecule has 7 nitrogen and oxygen atoms in total. The predicted octanol–water partition coefficient (Wildman–Crippen LogP) is 4.11. The van der Waals surface area contributed by atoms with Crippen molar-refractivity contribution in [3.8, 4) is 17.5 Å². The highest BCUT2D eigenvalue weighted by atomic mass is 16.5. The van der Waals surface area contributed by atoms with Gasteiger partial charge < -0.3 is 15.0 Å². The van der Waals surface area contributed by atoms with Crippen LogP contribution in [0.25, 0.3) is 5.69 Å². The number of rotatable bonds is 7. The molecule has 7 heteroatoms. The number of carbonyl (C=O) groups excluding carboxylic acids is 1. The predicted molar refractivity (Wildman–Crippen MR) is 135 cm³/mol. The second-order valence-electron chi connectivity index (χ2n) is 9.71. The number of methoxy groups -OCH3 is 1. The average molecular weight is 464 g/mol. The second-order valence-corrected chi connectivity index (χ2v) is 9.71. The highest BCUT2D eigenvalue weighted by molar-refractivity contribution is 5.93. The summed E-state index contributed by atoms with van der Waals surface area (Å²) in [7, 11) is 1.63. The number of amides is 1. The van der Waals surface area contributed by atoms with Crippen molar-refractivity contribution in [3.63, 3.8) is 0 Å². The smallest absolute Gasteiger partial charge is 0.239 e. The van der Waals surface area contributed by atoms with Crippen LogP contribution >= 0.6 is 0 Å². The van der Waals surface area contributed by atoms with Crippen molar-refractivity contribution < 1.29 is 9.53 Å². The van der Waals surface area contributed by atoms with Gasteiger partial charge in [0.15, 0.2) is 0 Å². The lowest BCUT2D eigenvalue weighted by Crippen LogP contribution is -2.49. The maximum atomic E-state index is 13.0. The molecule has 0 radical (unpaired) electrons. The Morgan fingerprint density at radius 1 is 1.06 bits per heavy atom. The van der Waals surface area contributed by atoms with Crippen LogP contribution < -0.4 is 10.1 Å². The van der Waals surface area contributed by atoms with Crippen LogP contribution in [0.2, 0.25) is 0 Å². The Bertz CT molecular complexity index is 1020. The molecule has 1 aromatic heterocycles. The van der Waals surface area contributed by atoms with E-state index in [4.69, 9.17) is 4.74 Å². The molecular formula is C27H37N5O2. The van der Waals surface area contributed by atoms with E-state index in [9.17, 15) is 10.1 Å². The topological polar surface area (TPSA) is 73.5 Å². The third-order valence-corrected chi connectivity index (χ3v) is 7.49. The van der Waals surface area contributed by atoms with Crippen LogP contribution in [0, 0.1) is 31.1 Å². The fraction of sp³-hybridized carbons (Fsp3) is 0.556. The molecule has 2 aromatic rings. The molecule has 182 valence electrons. The minimum Gasteiger partial charge on any atom is -0.497 e. The average Bonchev–Trinajstić information content (AvgIpc) is 3.09. The Kier molecular flexibility index (Phi) is 7.91. The van der Waals surface area contributed by atoms with E-state index in [1.165, 1.54) is 38.6 Å². The first-order valence-electron chi connectivity index (χ1n) is 12.5. The molecule has 0 atom stereocenters. The first-order valence-corrected chi connectivity index (χ1v) is 12.5. The number of nitriles is 1. The summed E-state index contributed by atoms with van der Waals surface area (Å²) in [6.45, 7) is 9.30. The third kappa shape index (κ3) is 5.45. The SMILES string of the molecule is COc1ccc(-n2c(C)c(C)c(C#N)c2NC(=O)CN2CCN(CC3CCCCC3)CC2)cc1. The number of aromatic nitrogens is 1. The number of nitrogens with one attached hydrogen (secondary N) is 1. The zero-order chi connectivity index (χ0) is 24.1. The number of benzene rings is 1. The first-order chi connectivity index (χ1) is 16.5. The molecule has 1 aliphatic carbocycles. The molecule has 0 unspecified atom stereocenters. The van der Waals surface area contributed by atoms with Crippen molar-refractivity contribution >= 4 is 11.7 Å². The van der Waals surface area contributed by atoms with Gasteiger partial charge in [0, 0.05) is 44.1 Å². The fourth-order valence-electron chi connectivity index (χ4n) is 5.35. The largest absolute Gasteiger partial charge is 0.497 e. The zero-order valence-corrected chi connectivity index (χ0v) is 20.8. The van der Waals surface area contributed by atoms with Crippen LogP contribution in [-0.2, 0) is 4.79 Å². The fourth-order valence-corrected chi connectivity index (χ4v) is 5.35. The minimum absolute atomic E-state index is 0.0792. The van der Waals surface area contributed by atoms with E-state index in [0.717, 1.165) is 54.8 Å². The van der Waals surface area contributed by atoms with E-state index >= 15 is 0 Å². The molecule has 1 amide bonds. The zero-order valence-electron chi connectivity index (χ0n) is 20.8. The van der Waals surface area contributed by atoms with Crippen molar-refractivity contribution in [1.29, 1.82) is 5.26 Å². The molecule has 1 aromatic carbocycles. The molecule has 1 N–H and O–H groups in total. The Morgan fingerprint density at radius 3 is 2.32 bits per heavy atom. The molecule has 1 saturated carbocycles. The summed E-state index contributed by atoms with van der Waals surface area (Å²) in [5.74, 6) is 2.08. The van der Waals surface area contributed by atoms with E-state index < -0.39 is 0 Å². The quantitative estimate of drug-likeness (QED) is 0.669. The van der Waals surface area contributed by atoms with E-state index in [1.54, 1.807) is 7.11 Å². The molecule has 1 saturated heterocycles. The summed E-state index contributed by atoms with van der Waals surface area (Å²) in [5, 5.41) is 12.9. The van der Waals surface area contributed by atoms with Crippen LogP contribution in [-0.4, -0.2) is 66.7 Å². The molecule has 0 bridgehead atoms. The number of hydrogen-bond acceptors (Lipinski definition) is 5. The molecule has 0 spiro atoms. The molecule has 4 rings (SSSR count).